The van der Waals surface area contributed by atoms with Crippen molar-refractivity contribution in [3.05, 3.63) is 29.2 Å². The average Bonchev–Trinajstić information content (AvgIpc) is 2.45. The third kappa shape index (κ3) is 1.25. The molecule has 2 rings (SSSR count). The highest BCUT2D eigenvalue weighted by Crippen LogP contribution is 2.21. The molecule has 0 aliphatic rings. The van der Waals surface area contributed by atoms with E-state index in [2.05, 4.69) is 4.98 Å². The molecular weight excluding hydrogens is 182 g/mol. The number of hydrogen-bond donors (Lipinski definition) is 1. The Morgan fingerprint density at radius 3 is 2.79 bits per heavy atom. The number of aromatic carboxylic acids is 1. The van der Waals surface area contributed by atoms with Crippen molar-refractivity contribution in [3.8, 4) is 0 Å². The zero-order valence-corrected chi connectivity index (χ0v) is 7.87. The second-order valence-electron chi connectivity index (χ2n) is 3.18. The highest BCUT2D eigenvalue weighted by atomic mass is 16.4. The molecule has 0 spiro atoms. The number of carboxylic acids is 1. The average molecular weight is 191 g/mol. The minimum Gasteiger partial charge on any atom is -0.478 e. The van der Waals surface area contributed by atoms with Gasteiger partial charge in [-0.2, -0.15) is 0 Å². The molecule has 1 aromatic carbocycles. The van der Waals surface area contributed by atoms with Crippen molar-refractivity contribution in [2.75, 3.05) is 0 Å². The first kappa shape index (κ1) is 8.74. The van der Waals surface area contributed by atoms with Gasteiger partial charge < -0.3 is 9.52 Å². The topological polar surface area (TPSA) is 63.3 Å². The van der Waals surface area contributed by atoms with Crippen LogP contribution in [0.2, 0.25) is 0 Å². The Labute approximate surface area is 80.2 Å². The summed E-state index contributed by atoms with van der Waals surface area (Å²) in [6.07, 6.45) is 0. The molecule has 0 amide bonds. The summed E-state index contributed by atoms with van der Waals surface area (Å²) in [5.74, 6) is -0.402. The highest BCUT2D eigenvalue weighted by Gasteiger charge is 2.10. The van der Waals surface area contributed by atoms with E-state index in [4.69, 9.17) is 9.52 Å². The summed E-state index contributed by atoms with van der Waals surface area (Å²) in [6, 6.07) is 3.09. The lowest BCUT2D eigenvalue weighted by Crippen LogP contribution is -1.96. The second-order valence-corrected chi connectivity index (χ2v) is 3.18. The van der Waals surface area contributed by atoms with Crippen LogP contribution in [-0.4, -0.2) is 16.1 Å². The van der Waals surface area contributed by atoms with Gasteiger partial charge >= 0.3 is 5.97 Å². The maximum atomic E-state index is 10.7. The Bertz CT molecular complexity index is 513. The molecule has 0 saturated heterocycles. The van der Waals surface area contributed by atoms with Gasteiger partial charge in [0.15, 0.2) is 11.5 Å². The van der Waals surface area contributed by atoms with Crippen LogP contribution in [0.15, 0.2) is 16.5 Å². The van der Waals surface area contributed by atoms with Crippen LogP contribution in [-0.2, 0) is 0 Å². The van der Waals surface area contributed by atoms with Crippen molar-refractivity contribution in [3.63, 3.8) is 0 Å². The lowest BCUT2D eigenvalue weighted by Gasteiger charge is -1.96. The van der Waals surface area contributed by atoms with E-state index in [0.717, 1.165) is 5.56 Å². The number of hydrogen-bond acceptors (Lipinski definition) is 3. The molecule has 0 saturated carbocycles. The Balaban J connectivity index is 2.77. The van der Waals surface area contributed by atoms with Gasteiger partial charge in [-0.1, -0.05) is 0 Å². The Kier molecular flexibility index (Phi) is 1.77. The van der Waals surface area contributed by atoms with E-state index in [0.29, 0.717) is 17.0 Å². The quantitative estimate of drug-likeness (QED) is 0.750. The summed E-state index contributed by atoms with van der Waals surface area (Å²) < 4.78 is 5.33. The van der Waals surface area contributed by atoms with Crippen molar-refractivity contribution in [1.29, 1.82) is 0 Å². The smallest absolute Gasteiger partial charge is 0.335 e. The van der Waals surface area contributed by atoms with Gasteiger partial charge in [-0.05, 0) is 24.6 Å². The molecule has 0 aliphatic heterocycles. The van der Waals surface area contributed by atoms with Crippen LogP contribution in [0.1, 0.15) is 21.8 Å². The Morgan fingerprint density at radius 1 is 1.43 bits per heavy atom. The van der Waals surface area contributed by atoms with E-state index in [1.807, 2.05) is 0 Å². The van der Waals surface area contributed by atoms with Gasteiger partial charge in [-0.25, -0.2) is 9.78 Å². The second kappa shape index (κ2) is 2.83. The molecule has 1 heterocycles. The molecule has 1 N–H and O–H groups in total. The first-order valence-corrected chi connectivity index (χ1v) is 4.19. The molecule has 4 heteroatoms. The molecule has 0 unspecified atom stereocenters. The van der Waals surface area contributed by atoms with Crippen molar-refractivity contribution in [2.24, 2.45) is 0 Å². The zero-order chi connectivity index (χ0) is 10.3. The number of fused-ring (bicyclic) bond motifs is 1. The Morgan fingerprint density at radius 2 is 2.14 bits per heavy atom. The van der Waals surface area contributed by atoms with Gasteiger partial charge in [-0.3, -0.25) is 0 Å². The van der Waals surface area contributed by atoms with Crippen LogP contribution in [0.25, 0.3) is 11.1 Å². The van der Waals surface area contributed by atoms with E-state index in [-0.39, 0.29) is 5.56 Å². The largest absolute Gasteiger partial charge is 0.478 e. The molecule has 4 nitrogen and oxygen atoms in total. The summed E-state index contributed by atoms with van der Waals surface area (Å²) >= 11 is 0. The predicted molar refractivity (Wildman–Crippen MR) is 50.4 cm³/mol. The molecule has 1 aromatic heterocycles. The maximum absolute atomic E-state index is 10.7. The van der Waals surface area contributed by atoms with Crippen molar-refractivity contribution >= 4 is 17.1 Å². The van der Waals surface area contributed by atoms with Gasteiger partial charge in [-0.15, -0.1) is 0 Å². The third-order valence-electron chi connectivity index (χ3n) is 2.03. The summed E-state index contributed by atoms with van der Waals surface area (Å²) in [6.45, 7) is 3.54. The van der Waals surface area contributed by atoms with Crippen LogP contribution >= 0.6 is 0 Å². The molecule has 0 fully saturated rings. The normalized spacial score (nSPS) is 10.7. The number of benzene rings is 1. The summed E-state index contributed by atoms with van der Waals surface area (Å²) in [5.41, 5.74) is 2.29. The number of carbonyl (C=O) groups is 1. The number of rotatable bonds is 1. The fourth-order valence-corrected chi connectivity index (χ4v) is 1.43. The first-order chi connectivity index (χ1) is 6.58. The van der Waals surface area contributed by atoms with E-state index in [1.165, 1.54) is 6.07 Å². The number of oxazole rings is 1. The van der Waals surface area contributed by atoms with Crippen LogP contribution in [0.4, 0.5) is 0 Å². The monoisotopic (exact) mass is 191 g/mol. The summed E-state index contributed by atoms with van der Waals surface area (Å²) in [5, 5.41) is 8.82. The lowest BCUT2D eigenvalue weighted by molar-refractivity contribution is 0.0697. The fourth-order valence-electron chi connectivity index (χ4n) is 1.43. The highest BCUT2D eigenvalue weighted by molar-refractivity contribution is 5.93. The van der Waals surface area contributed by atoms with Gasteiger partial charge in [0.05, 0.1) is 5.56 Å². The maximum Gasteiger partial charge on any atom is 0.335 e. The van der Waals surface area contributed by atoms with Crippen LogP contribution in [0, 0.1) is 13.8 Å². The first-order valence-electron chi connectivity index (χ1n) is 4.19. The number of aromatic nitrogens is 1. The molecule has 2 aromatic rings. The van der Waals surface area contributed by atoms with E-state index in [1.54, 1.807) is 19.9 Å². The number of aryl methyl sites for hydroxylation is 2. The van der Waals surface area contributed by atoms with Gasteiger partial charge in [0, 0.05) is 6.92 Å². The summed E-state index contributed by atoms with van der Waals surface area (Å²) in [7, 11) is 0. The van der Waals surface area contributed by atoms with Crippen molar-refractivity contribution < 1.29 is 14.3 Å². The molecule has 0 bridgehead atoms. The van der Waals surface area contributed by atoms with Gasteiger partial charge in [0.2, 0.25) is 0 Å². The molecular formula is C10H9NO3. The molecule has 0 radical (unpaired) electrons. The SMILES string of the molecule is Cc1nc2cc(C(=O)O)cc(C)c2o1. The fraction of sp³-hybridized carbons (Fsp3) is 0.200. The zero-order valence-electron chi connectivity index (χ0n) is 7.87. The van der Waals surface area contributed by atoms with Crippen molar-refractivity contribution in [2.45, 2.75) is 13.8 Å². The minimum atomic E-state index is -0.948. The standard InChI is InChI=1S/C10H9NO3/c1-5-3-7(10(12)13)4-8-9(5)14-6(2)11-8/h3-4H,1-2H3,(H,12,13). The van der Waals surface area contributed by atoms with Crippen LogP contribution in [0.3, 0.4) is 0 Å². The van der Waals surface area contributed by atoms with Gasteiger partial charge in [0.1, 0.15) is 5.52 Å². The van der Waals surface area contributed by atoms with Crippen molar-refractivity contribution in [1.82, 2.24) is 4.98 Å². The molecule has 0 atom stereocenters. The Hall–Kier alpha value is -1.84. The number of carboxylic acid groups (broad SMARTS) is 1. The predicted octanol–water partition coefficient (Wildman–Crippen LogP) is 2.14. The van der Waals surface area contributed by atoms with Crippen LogP contribution < -0.4 is 0 Å². The number of nitrogens with zero attached hydrogens (tertiary/aromatic N) is 1. The molecule has 14 heavy (non-hydrogen) atoms. The van der Waals surface area contributed by atoms with Crippen LogP contribution in [0.5, 0.6) is 0 Å². The lowest BCUT2D eigenvalue weighted by atomic mass is 10.1. The van der Waals surface area contributed by atoms with Gasteiger partial charge in [0.25, 0.3) is 0 Å². The minimum absolute atomic E-state index is 0.239. The molecule has 72 valence electrons. The third-order valence-corrected chi connectivity index (χ3v) is 2.03. The van der Waals surface area contributed by atoms with E-state index < -0.39 is 5.97 Å². The van der Waals surface area contributed by atoms with E-state index in [9.17, 15) is 4.79 Å². The molecule has 0 aliphatic carbocycles. The summed E-state index contributed by atoms with van der Waals surface area (Å²) in [4.78, 5) is 14.8. The van der Waals surface area contributed by atoms with E-state index >= 15 is 0 Å².